The van der Waals surface area contributed by atoms with E-state index in [0.29, 0.717) is 5.02 Å². The maximum atomic E-state index is 13.2. The second-order valence-electron chi connectivity index (χ2n) is 3.77. The molecule has 0 saturated carbocycles. The Hall–Kier alpha value is -0.600. The number of aryl methyl sites for hydroxylation is 1. The van der Waals surface area contributed by atoms with Gasteiger partial charge in [-0.05, 0) is 49.6 Å². The van der Waals surface area contributed by atoms with Crippen molar-refractivity contribution in [3.8, 4) is 0 Å². The van der Waals surface area contributed by atoms with Crippen molar-refractivity contribution >= 4 is 11.6 Å². The number of benzene rings is 1. The van der Waals surface area contributed by atoms with Crippen molar-refractivity contribution in [2.45, 2.75) is 25.8 Å². The minimum absolute atomic E-state index is 0.199. The molecule has 2 rings (SSSR count). The van der Waals surface area contributed by atoms with E-state index >= 15 is 0 Å². The Morgan fingerprint density at radius 1 is 1.50 bits per heavy atom. The van der Waals surface area contributed by atoms with Crippen LogP contribution in [0.3, 0.4) is 0 Å². The van der Waals surface area contributed by atoms with Gasteiger partial charge in [0.1, 0.15) is 5.82 Å². The second-order valence-corrected chi connectivity index (χ2v) is 4.15. The summed E-state index contributed by atoms with van der Waals surface area (Å²) in [5, 5.41) is 4.02. The van der Waals surface area contributed by atoms with Crippen LogP contribution in [-0.2, 0) is 0 Å². The Labute approximate surface area is 88.3 Å². The van der Waals surface area contributed by atoms with E-state index in [4.69, 9.17) is 11.6 Å². The van der Waals surface area contributed by atoms with E-state index in [1.807, 2.05) is 6.92 Å². The summed E-state index contributed by atoms with van der Waals surface area (Å²) in [6.07, 6.45) is 2.18. The molecule has 1 aliphatic heterocycles. The Kier molecular flexibility index (Phi) is 2.75. The van der Waals surface area contributed by atoms with Crippen molar-refractivity contribution in [1.29, 1.82) is 0 Å². The largest absolute Gasteiger partial charge is 0.310 e. The van der Waals surface area contributed by atoms with E-state index in [2.05, 4.69) is 5.32 Å². The third-order valence-electron chi connectivity index (χ3n) is 2.68. The highest BCUT2D eigenvalue weighted by Crippen LogP contribution is 2.31. The fourth-order valence-electron chi connectivity index (χ4n) is 1.96. The molecule has 76 valence electrons. The fourth-order valence-corrected chi connectivity index (χ4v) is 2.20. The van der Waals surface area contributed by atoms with E-state index in [0.717, 1.165) is 30.5 Å². The molecule has 1 aromatic rings. The molecule has 1 heterocycles. The van der Waals surface area contributed by atoms with E-state index in [-0.39, 0.29) is 11.9 Å². The van der Waals surface area contributed by atoms with Gasteiger partial charge in [-0.1, -0.05) is 11.6 Å². The van der Waals surface area contributed by atoms with Crippen LogP contribution in [0.25, 0.3) is 0 Å². The average molecular weight is 214 g/mol. The predicted octanol–water partition coefficient (Wildman–Crippen LogP) is 3.21. The molecule has 1 aromatic carbocycles. The van der Waals surface area contributed by atoms with Crippen molar-refractivity contribution in [3.05, 3.63) is 34.1 Å². The van der Waals surface area contributed by atoms with Crippen molar-refractivity contribution in [3.63, 3.8) is 0 Å². The normalized spacial score (nSPS) is 21.5. The summed E-state index contributed by atoms with van der Waals surface area (Å²) >= 11 is 6.14. The summed E-state index contributed by atoms with van der Waals surface area (Å²) in [6.45, 7) is 2.83. The highest BCUT2D eigenvalue weighted by molar-refractivity contribution is 6.32. The van der Waals surface area contributed by atoms with Gasteiger partial charge < -0.3 is 5.32 Å². The molecule has 0 amide bonds. The number of hydrogen-bond donors (Lipinski definition) is 1. The highest BCUT2D eigenvalue weighted by atomic mass is 35.5. The van der Waals surface area contributed by atoms with Crippen molar-refractivity contribution in [2.75, 3.05) is 6.54 Å². The molecular weight excluding hydrogens is 201 g/mol. The summed E-state index contributed by atoms with van der Waals surface area (Å²) in [6, 6.07) is 3.25. The van der Waals surface area contributed by atoms with Gasteiger partial charge in [0.05, 0.1) is 0 Å². The number of nitrogens with one attached hydrogen (secondary N) is 1. The smallest absolute Gasteiger partial charge is 0.123 e. The Morgan fingerprint density at radius 2 is 2.29 bits per heavy atom. The van der Waals surface area contributed by atoms with Crippen LogP contribution in [0.1, 0.15) is 30.0 Å². The third-order valence-corrected chi connectivity index (χ3v) is 3.20. The first-order chi connectivity index (χ1) is 6.68. The fraction of sp³-hybridized carbons (Fsp3) is 0.455. The van der Waals surface area contributed by atoms with Crippen LogP contribution in [0.5, 0.6) is 0 Å². The van der Waals surface area contributed by atoms with Gasteiger partial charge in [0.2, 0.25) is 0 Å². The van der Waals surface area contributed by atoms with Gasteiger partial charge in [-0.25, -0.2) is 4.39 Å². The SMILES string of the molecule is Cc1cc(F)cc([C@@H]2CCCN2)c1Cl. The van der Waals surface area contributed by atoms with Crippen LogP contribution in [0.4, 0.5) is 4.39 Å². The van der Waals surface area contributed by atoms with Crippen LogP contribution in [0, 0.1) is 12.7 Å². The van der Waals surface area contributed by atoms with Crippen molar-refractivity contribution in [2.24, 2.45) is 0 Å². The molecule has 0 unspecified atom stereocenters. The zero-order valence-electron chi connectivity index (χ0n) is 8.11. The Morgan fingerprint density at radius 3 is 2.93 bits per heavy atom. The lowest BCUT2D eigenvalue weighted by molar-refractivity contribution is 0.605. The first kappa shape index (κ1) is 9.94. The lowest BCUT2D eigenvalue weighted by Gasteiger charge is -2.14. The summed E-state index contributed by atoms with van der Waals surface area (Å²) in [4.78, 5) is 0. The molecule has 1 fully saturated rings. The number of halogens is 2. The average Bonchev–Trinajstić information content (AvgIpc) is 2.63. The molecule has 0 aliphatic carbocycles. The summed E-state index contributed by atoms with van der Waals surface area (Å²) in [5.41, 5.74) is 1.72. The van der Waals surface area contributed by atoms with Gasteiger partial charge in [-0.2, -0.15) is 0 Å². The predicted molar refractivity (Wildman–Crippen MR) is 56.1 cm³/mol. The zero-order valence-corrected chi connectivity index (χ0v) is 8.87. The third kappa shape index (κ3) is 1.77. The highest BCUT2D eigenvalue weighted by Gasteiger charge is 2.20. The van der Waals surface area contributed by atoms with E-state index < -0.39 is 0 Å². The van der Waals surface area contributed by atoms with E-state index in [1.54, 1.807) is 6.07 Å². The molecule has 1 nitrogen and oxygen atoms in total. The lowest BCUT2D eigenvalue weighted by atomic mass is 10.0. The number of rotatable bonds is 1. The quantitative estimate of drug-likeness (QED) is 0.756. The molecule has 0 radical (unpaired) electrons. The van der Waals surface area contributed by atoms with Gasteiger partial charge in [0.25, 0.3) is 0 Å². The maximum Gasteiger partial charge on any atom is 0.123 e. The molecule has 1 atom stereocenters. The van der Waals surface area contributed by atoms with Gasteiger partial charge >= 0.3 is 0 Å². The topological polar surface area (TPSA) is 12.0 Å². The molecular formula is C11H13ClFN. The first-order valence-corrected chi connectivity index (χ1v) is 5.25. The Balaban J connectivity index is 2.40. The van der Waals surface area contributed by atoms with Gasteiger partial charge in [-0.15, -0.1) is 0 Å². The van der Waals surface area contributed by atoms with Gasteiger partial charge in [-0.3, -0.25) is 0 Å². The minimum atomic E-state index is -0.199. The Bertz CT molecular complexity index is 345. The van der Waals surface area contributed by atoms with Gasteiger partial charge in [0, 0.05) is 11.1 Å². The molecule has 0 bridgehead atoms. The van der Waals surface area contributed by atoms with Crippen LogP contribution in [0.2, 0.25) is 5.02 Å². The molecule has 1 N–H and O–H groups in total. The van der Waals surface area contributed by atoms with Crippen molar-refractivity contribution < 1.29 is 4.39 Å². The summed E-state index contributed by atoms with van der Waals surface area (Å²) in [5.74, 6) is -0.199. The molecule has 0 aromatic heterocycles. The maximum absolute atomic E-state index is 13.2. The van der Waals surface area contributed by atoms with Crippen LogP contribution < -0.4 is 5.32 Å². The standard InChI is InChI=1S/C11H13ClFN/c1-7-5-8(13)6-9(11(7)12)10-3-2-4-14-10/h5-6,10,14H,2-4H2,1H3/t10-/m0/s1. The number of hydrogen-bond acceptors (Lipinski definition) is 1. The minimum Gasteiger partial charge on any atom is -0.310 e. The van der Waals surface area contributed by atoms with Crippen molar-refractivity contribution in [1.82, 2.24) is 5.32 Å². The summed E-state index contributed by atoms with van der Waals surface area (Å²) in [7, 11) is 0. The zero-order chi connectivity index (χ0) is 10.1. The van der Waals surface area contributed by atoms with Crippen LogP contribution in [-0.4, -0.2) is 6.54 Å². The molecule has 0 spiro atoms. The molecule has 1 aliphatic rings. The monoisotopic (exact) mass is 213 g/mol. The van der Waals surface area contributed by atoms with Gasteiger partial charge in [0.15, 0.2) is 0 Å². The van der Waals surface area contributed by atoms with Crippen LogP contribution >= 0.6 is 11.6 Å². The van der Waals surface area contributed by atoms with Crippen LogP contribution in [0.15, 0.2) is 12.1 Å². The second kappa shape index (κ2) is 3.87. The summed E-state index contributed by atoms with van der Waals surface area (Å²) < 4.78 is 13.2. The molecule has 3 heteroatoms. The van der Waals surface area contributed by atoms with E-state index in [9.17, 15) is 4.39 Å². The molecule has 14 heavy (non-hydrogen) atoms. The van der Waals surface area contributed by atoms with E-state index in [1.165, 1.54) is 6.07 Å². The molecule has 1 saturated heterocycles. The first-order valence-electron chi connectivity index (χ1n) is 4.87. The lowest BCUT2D eigenvalue weighted by Crippen LogP contribution is -2.13.